The summed E-state index contributed by atoms with van der Waals surface area (Å²) in [6, 6.07) is 4.48. The smallest absolute Gasteiger partial charge is 0.387 e. The fourth-order valence-corrected chi connectivity index (χ4v) is 2.38. The van der Waals surface area contributed by atoms with E-state index in [4.69, 9.17) is 0 Å². The molecule has 1 aromatic rings. The van der Waals surface area contributed by atoms with Gasteiger partial charge in [-0.25, -0.2) is 0 Å². The lowest BCUT2D eigenvalue weighted by molar-refractivity contribution is -0.132. The van der Waals surface area contributed by atoms with Crippen molar-refractivity contribution >= 4 is 33.8 Å². The van der Waals surface area contributed by atoms with Crippen LogP contribution in [0.4, 0.5) is 8.78 Å². The largest absolute Gasteiger partial charge is 0.434 e. The van der Waals surface area contributed by atoms with E-state index < -0.39 is 12.5 Å². The van der Waals surface area contributed by atoms with Gasteiger partial charge < -0.3 is 15.0 Å². The van der Waals surface area contributed by atoms with Crippen LogP contribution in [-0.4, -0.2) is 42.5 Å². The Morgan fingerprint density at radius 1 is 1.36 bits per heavy atom. The van der Waals surface area contributed by atoms with Gasteiger partial charge in [0.25, 0.3) is 0 Å². The van der Waals surface area contributed by atoms with Crippen molar-refractivity contribution < 1.29 is 23.1 Å². The van der Waals surface area contributed by atoms with Gasteiger partial charge >= 0.3 is 6.61 Å². The number of hydrogen-bond donors (Lipinski definition) is 1. The summed E-state index contributed by atoms with van der Waals surface area (Å²) in [5.41, 5.74) is 0.325. The predicted molar refractivity (Wildman–Crippen MR) is 95.3 cm³/mol. The van der Waals surface area contributed by atoms with Crippen molar-refractivity contribution in [3.05, 3.63) is 34.3 Å². The van der Waals surface area contributed by atoms with Gasteiger partial charge in [0.2, 0.25) is 11.8 Å². The van der Waals surface area contributed by atoms with E-state index in [1.807, 2.05) is 13.8 Å². The molecule has 1 N–H and O–H groups in total. The van der Waals surface area contributed by atoms with Crippen LogP contribution in [0, 0.1) is 0 Å². The van der Waals surface area contributed by atoms with Gasteiger partial charge in [0.15, 0.2) is 0 Å². The van der Waals surface area contributed by atoms with E-state index in [9.17, 15) is 18.4 Å². The van der Waals surface area contributed by atoms with Crippen molar-refractivity contribution in [1.29, 1.82) is 0 Å². The van der Waals surface area contributed by atoms with Crippen molar-refractivity contribution in [2.45, 2.75) is 33.4 Å². The molecule has 0 saturated heterocycles. The van der Waals surface area contributed by atoms with E-state index in [0.717, 1.165) is 0 Å². The fraction of sp³-hybridized carbons (Fsp3) is 0.412. The number of ether oxygens (including phenoxy) is 1. The zero-order valence-electron chi connectivity index (χ0n) is 14.3. The van der Waals surface area contributed by atoms with E-state index in [2.05, 4.69) is 26.0 Å². The molecule has 0 atom stereocenters. The number of nitrogens with zero attached hydrogens (tertiary/aromatic N) is 1. The molecular weight excluding hydrogens is 398 g/mol. The molecule has 0 saturated carbocycles. The highest BCUT2D eigenvalue weighted by atomic mass is 79.9. The molecule has 0 aliphatic carbocycles. The molecule has 1 rings (SSSR count). The molecule has 0 aromatic heterocycles. The molecule has 1 aromatic carbocycles. The highest BCUT2D eigenvalue weighted by Gasteiger charge is 2.14. The van der Waals surface area contributed by atoms with Crippen molar-refractivity contribution in [2.24, 2.45) is 0 Å². The Labute approximate surface area is 154 Å². The molecule has 25 heavy (non-hydrogen) atoms. The molecule has 0 unspecified atom stereocenters. The zero-order chi connectivity index (χ0) is 19.0. The predicted octanol–water partition coefficient (Wildman–Crippen LogP) is 3.44. The number of carbonyl (C=O) groups excluding carboxylic acids is 2. The summed E-state index contributed by atoms with van der Waals surface area (Å²) in [4.78, 5) is 25.4. The average molecular weight is 419 g/mol. The summed E-state index contributed by atoms with van der Waals surface area (Å²) in [5, 5.41) is 2.71. The molecule has 0 heterocycles. The maximum absolute atomic E-state index is 12.5. The van der Waals surface area contributed by atoms with E-state index in [1.165, 1.54) is 23.1 Å². The van der Waals surface area contributed by atoms with Gasteiger partial charge in [-0.15, -0.1) is 0 Å². The van der Waals surface area contributed by atoms with Crippen LogP contribution in [0.1, 0.15) is 26.3 Å². The average Bonchev–Trinajstić information content (AvgIpc) is 2.51. The molecule has 8 heteroatoms. The minimum atomic E-state index is -2.96. The van der Waals surface area contributed by atoms with Crippen LogP contribution in [-0.2, 0) is 9.59 Å². The van der Waals surface area contributed by atoms with Crippen molar-refractivity contribution in [1.82, 2.24) is 10.2 Å². The van der Waals surface area contributed by atoms with Gasteiger partial charge in [-0.3, -0.25) is 9.59 Å². The first-order valence-corrected chi connectivity index (χ1v) is 8.53. The van der Waals surface area contributed by atoms with Crippen LogP contribution in [0.25, 0.3) is 6.08 Å². The molecule has 0 bridgehead atoms. The standard InChI is InChI=1S/C17H21BrF2N2O3/c1-4-22(10-15(23)21-11(2)3)16(24)8-5-12-9-13(18)6-7-14(12)25-17(19)20/h5-9,11,17H,4,10H2,1-3H3,(H,21,23)/b8-5+. The van der Waals surface area contributed by atoms with Crippen molar-refractivity contribution in [3.8, 4) is 5.75 Å². The third kappa shape index (κ3) is 7.64. The second kappa shape index (κ2) is 10.1. The topological polar surface area (TPSA) is 58.6 Å². The normalized spacial score (nSPS) is 11.2. The Balaban J connectivity index is 2.86. The Morgan fingerprint density at radius 3 is 2.60 bits per heavy atom. The van der Waals surface area contributed by atoms with Crippen LogP contribution in [0.3, 0.4) is 0 Å². The monoisotopic (exact) mass is 418 g/mol. The van der Waals surface area contributed by atoms with Gasteiger partial charge in [0.05, 0.1) is 6.54 Å². The molecule has 2 amide bonds. The number of hydrogen-bond acceptors (Lipinski definition) is 3. The van der Waals surface area contributed by atoms with E-state index >= 15 is 0 Å². The summed E-state index contributed by atoms with van der Waals surface area (Å²) in [7, 11) is 0. The number of halogens is 3. The minimum Gasteiger partial charge on any atom is -0.434 e. The Morgan fingerprint density at radius 2 is 2.04 bits per heavy atom. The second-order valence-electron chi connectivity index (χ2n) is 5.47. The van der Waals surface area contributed by atoms with Crippen LogP contribution in [0.5, 0.6) is 5.75 Å². The van der Waals surface area contributed by atoms with Crippen molar-refractivity contribution in [2.75, 3.05) is 13.1 Å². The molecule has 0 fully saturated rings. The maximum Gasteiger partial charge on any atom is 0.387 e. The van der Waals surface area contributed by atoms with E-state index in [-0.39, 0.29) is 24.2 Å². The molecule has 0 radical (unpaired) electrons. The quantitative estimate of drug-likeness (QED) is 0.657. The summed E-state index contributed by atoms with van der Waals surface area (Å²) < 4.78 is 30.0. The second-order valence-corrected chi connectivity index (χ2v) is 6.38. The first kappa shape index (κ1) is 21.1. The lowest BCUT2D eigenvalue weighted by Gasteiger charge is -2.19. The molecule has 0 aliphatic heterocycles. The number of benzene rings is 1. The summed E-state index contributed by atoms with van der Waals surface area (Å²) in [5.74, 6) is -0.699. The number of nitrogens with one attached hydrogen (secondary N) is 1. The first-order valence-electron chi connectivity index (χ1n) is 7.73. The third-order valence-electron chi connectivity index (χ3n) is 3.07. The fourth-order valence-electron chi connectivity index (χ4n) is 2.01. The lowest BCUT2D eigenvalue weighted by Crippen LogP contribution is -2.42. The van der Waals surface area contributed by atoms with Crippen LogP contribution in [0.15, 0.2) is 28.7 Å². The minimum absolute atomic E-state index is 0.0208. The summed E-state index contributed by atoms with van der Waals surface area (Å²) in [6.07, 6.45) is 2.61. The molecule has 5 nitrogen and oxygen atoms in total. The summed E-state index contributed by atoms with van der Waals surface area (Å²) >= 11 is 3.24. The number of amides is 2. The van der Waals surface area contributed by atoms with E-state index in [1.54, 1.807) is 19.1 Å². The molecule has 138 valence electrons. The Bertz CT molecular complexity index is 636. The SMILES string of the molecule is CCN(CC(=O)NC(C)C)C(=O)/C=C/c1cc(Br)ccc1OC(F)F. The van der Waals surface area contributed by atoms with Crippen molar-refractivity contribution in [3.63, 3.8) is 0 Å². The Kier molecular flexibility index (Phi) is 8.54. The van der Waals surface area contributed by atoms with Crippen LogP contribution < -0.4 is 10.1 Å². The number of likely N-dealkylation sites (N-methyl/N-ethyl adjacent to an activating group) is 1. The molecule has 0 spiro atoms. The molecule has 0 aliphatic rings. The van der Waals surface area contributed by atoms with Gasteiger partial charge in [-0.1, -0.05) is 15.9 Å². The van der Waals surface area contributed by atoms with Gasteiger partial charge in [-0.05, 0) is 45.0 Å². The first-order chi connectivity index (χ1) is 11.7. The third-order valence-corrected chi connectivity index (χ3v) is 3.56. The zero-order valence-corrected chi connectivity index (χ0v) is 15.8. The summed E-state index contributed by atoms with van der Waals surface area (Å²) in [6.45, 7) is 2.71. The highest BCUT2D eigenvalue weighted by Crippen LogP contribution is 2.26. The number of rotatable bonds is 8. The van der Waals surface area contributed by atoms with Gasteiger partial charge in [0, 0.05) is 28.7 Å². The van der Waals surface area contributed by atoms with Crippen LogP contribution >= 0.6 is 15.9 Å². The highest BCUT2D eigenvalue weighted by molar-refractivity contribution is 9.10. The number of alkyl halides is 2. The molecular formula is C17H21BrF2N2O3. The van der Waals surface area contributed by atoms with Gasteiger partial charge in [0.1, 0.15) is 5.75 Å². The maximum atomic E-state index is 12.5. The van der Waals surface area contributed by atoms with Gasteiger partial charge in [-0.2, -0.15) is 8.78 Å². The lowest BCUT2D eigenvalue weighted by atomic mass is 10.2. The van der Waals surface area contributed by atoms with E-state index in [0.29, 0.717) is 16.6 Å². The number of carbonyl (C=O) groups is 2. The Hall–Kier alpha value is -1.96. The van der Waals surface area contributed by atoms with Crippen LogP contribution in [0.2, 0.25) is 0 Å².